The van der Waals surface area contributed by atoms with Crippen molar-refractivity contribution < 1.29 is 4.57 Å². The van der Waals surface area contributed by atoms with E-state index in [0.717, 1.165) is 5.92 Å². The van der Waals surface area contributed by atoms with E-state index in [1.165, 1.54) is 65.6 Å². The first-order valence-corrected chi connectivity index (χ1v) is 9.86. The Morgan fingerprint density at radius 3 is 2.35 bits per heavy atom. The fourth-order valence-corrected chi connectivity index (χ4v) is 4.26. The fraction of sp³-hybridized carbons (Fsp3) is 0.320. The molecular formula is C25H28N+. The van der Waals surface area contributed by atoms with Gasteiger partial charge in [-0.05, 0) is 47.6 Å². The third-order valence-electron chi connectivity index (χ3n) is 5.86. The van der Waals surface area contributed by atoms with Crippen LogP contribution in [0.3, 0.4) is 0 Å². The summed E-state index contributed by atoms with van der Waals surface area (Å²) in [5, 5.41) is 0. The number of rotatable bonds is 4. The van der Waals surface area contributed by atoms with E-state index in [9.17, 15) is 0 Å². The lowest BCUT2D eigenvalue weighted by atomic mass is 9.95. The molecule has 26 heavy (non-hydrogen) atoms. The van der Waals surface area contributed by atoms with Crippen LogP contribution in [0.2, 0.25) is 0 Å². The molecule has 1 heterocycles. The zero-order valence-electron chi connectivity index (χ0n) is 15.9. The minimum Gasteiger partial charge on any atom is -0.201 e. The van der Waals surface area contributed by atoms with Crippen LogP contribution in [-0.2, 0) is 13.5 Å². The summed E-state index contributed by atoms with van der Waals surface area (Å²) < 4.78 is 2.21. The maximum atomic E-state index is 2.33. The molecule has 0 atom stereocenters. The van der Waals surface area contributed by atoms with E-state index in [4.69, 9.17) is 0 Å². The SMILES string of the molecule is Cc1ccccc1-c1cc(-c2ccc(CC3CCCC3)cc2)cc[n+]1C. The van der Waals surface area contributed by atoms with Gasteiger partial charge in [-0.3, -0.25) is 0 Å². The van der Waals surface area contributed by atoms with Gasteiger partial charge in [0.2, 0.25) is 5.69 Å². The van der Waals surface area contributed by atoms with Gasteiger partial charge in [-0.15, -0.1) is 0 Å². The second-order valence-electron chi connectivity index (χ2n) is 7.78. The summed E-state index contributed by atoms with van der Waals surface area (Å²) in [4.78, 5) is 0. The molecule has 1 aliphatic rings. The van der Waals surface area contributed by atoms with Gasteiger partial charge in [0.05, 0.1) is 0 Å². The molecule has 1 saturated carbocycles. The van der Waals surface area contributed by atoms with Crippen LogP contribution in [0, 0.1) is 12.8 Å². The standard InChI is InChI=1S/C25H28N/c1-19-7-3-6-10-24(19)25-18-23(15-16-26(25)2)22-13-11-21(12-14-22)17-20-8-4-5-9-20/h3,6-7,10-16,18,20H,4-5,8-9,17H2,1-2H3/q+1. The first-order chi connectivity index (χ1) is 12.7. The van der Waals surface area contributed by atoms with Crippen molar-refractivity contribution in [2.75, 3.05) is 0 Å². The normalized spacial score (nSPS) is 14.7. The lowest BCUT2D eigenvalue weighted by molar-refractivity contribution is -0.660. The molecule has 4 rings (SSSR count). The minimum atomic E-state index is 0.907. The van der Waals surface area contributed by atoms with Crippen molar-refractivity contribution >= 4 is 0 Å². The van der Waals surface area contributed by atoms with Crippen LogP contribution >= 0.6 is 0 Å². The summed E-state index contributed by atoms with van der Waals surface area (Å²) in [6.07, 6.45) is 9.09. The van der Waals surface area contributed by atoms with Crippen LogP contribution < -0.4 is 4.57 Å². The molecule has 0 radical (unpaired) electrons. The van der Waals surface area contributed by atoms with Crippen LogP contribution in [0.1, 0.15) is 36.8 Å². The average molecular weight is 343 g/mol. The highest BCUT2D eigenvalue weighted by Gasteiger charge is 2.16. The van der Waals surface area contributed by atoms with Crippen molar-refractivity contribution in [3.63, 3.8) is 0 Å². The number of nitrogens with zero attached hydrogens (tertiary/aromatic N) is 1. The summed E-state index contributed by atoms with van der Waals surface area (Å²) in [6, 6.07) is 22.4. The van der Waals surface area contributed by atoms with Gasteiger partial charge in [-0.2, -0.15) is 0 Å². The van der Waals surface area contributed by atoms with E-state index < -0.39 is 0 Å². The van der Waals surface area contributed by atoms with Gasteiger partial charge in [0.25, 0.3) is 0 Å². The molecule has 0 spiro atoms. The lowest BCUT2D eigenvalue weighted by Crippen LogP contribution is -2.30. The van der Waals surface area contributed by atoms with Gasteiger partial charge in [0, 0.05) is 17.7 Å². The maximum Gasteiger partial charge on any atom is 0.213 e. The Kier molecular flexibility index (Phi) is 4.88. The monoisotopic (exact) mass is 342 g/mol. The smallest absolute Gasteiger partial charge is 0.201 e. The lowest BCUT2D eigenvalue weighted by Gasteiger charge is -2.10. The number of pyridine rings is 1. The number of hydrogen-bond donors (Lipinski definition) is 0. The number of aryl methyl sites for hydroxylation is 2. The Balaban J connectivity index is 1.61. The highest BCUT2D eigenvalue weighted by Crippen LogP contribution is 2.29. The topological polar surface area (TPSA) is 3.88 Å². The Bertz CT molecular complexity index is 886. The van der Waals surface area contributed by atoms with E-state index >= 15 is 0 Å². The first kappa shape index (κ1) is 17.0. The summed E-state index contributed by atoms with van der Waals surface area (Å²) >= 11 is 0. The Morgan fingerprint density at radius 1 is 0.885 bits per heavy atom. The second-order valence-corrected chi connectivity index (χ2v) is 7.78. The molecule has 0 aliphatic heterocycles. The third kappa shape index (κ3) is 3.58. The van der Waals surface area contributed by atoms with E-state index in [-0.39, 0.29) is 0 Å². The number of benzene rings is 2. The van der Waals surface area contributed by atoms with Gasteiger partial charge in [-0.1, -0.05) is 68.1 Å². The summed E-state index contributed by atoms with van der Waals surface area (Å²) in [5.74, 6) is 0.907. The van der Waals surface area contributed by atoms with E-state index in [1.807, 2.05) is 0 Å². The molecule has 2 aromatic carbocycles. The Hall–Kier alpha value is -2.41. The molecule has 0 saturated heterocycles. The van der Waals surface area contributed by atoms with Crippen molar-refractivity contribution in [3.05, 3.63) is 78.0 Å². The summed E-state index contributed by atoms with van der Waals surface area (Å²) in [6.45, 7) is 2.18. The largest absolute Gasteiger partial charge is 0.213 e. The first-order valence-electron chi connectivity index (χ1n) is 9.86. The van der Waals surface area contributed by atoms with Crippen LogP contribution in [0.25, 0.3) is 22.4 Å². The predicted molar refractivity (Wildman–Crippen MR) is 109 cm³/mol. The van der Waals surface area contributed by atoms with E-state index in [1.54, 1.807) is 0 Å². The highest BCUT2D eigenvalue weighted by atomic mass is 14.9. The fourth-order valence-electron chi connectivity index (χ4n) is 4.26. The molecule has 0 bridgehead atoms. The molecule has 0 unspecified atom stereocenters. The Labute approximate surface area is 157 Å². The Morgan fingerprint density at radius 2 is 1.62 bits per heavy atom. The molecule has 1 heteroatoms. The van der Waals surface area contributed by atoms with Crippen molar-refractivity contribution in [2.45, 2.75) is 39.0 Å². The number of aromatic nitrogens is 1. The quantitative estimate of drug-likeness (QED) is 0.521. The summed E-state index contributed by atoms with van der Waals surface area (Å²) in [7, 11) is 2.12. The molecule has 1 aromatic heterocycles. The van der Waals surface area contributed by atoms with Crippen LogP contribution in [0.5, 0.6) is 0 Å². The maximum absolute atomic E-state index is 2.33. The van der Waals surface area contributed by atoms with Crippen LogP contribution in [-0.4, -0.2) is 0 Å². The van der Waals surface area contributed by atoms with Crippen LogP contribution in [0.15, 0.2) is 66.9 Å². The zero-order valence-corrected chi connectivity index (χ0v) is 15.9. The van der Waals surface area contributed by atoms with E-state index in [0.29, 0.717) is 0 Å². The van der Waals surface area contributed by atoms with Gasteiger partial charge >= 0.3 is 0 Å². The zero-order chi connectivity index (χ0) is 17.9. The van der Waals surface area contributed by atoms with Gasteiger partial charge in [-0.25, -0.2) is 4.57 Å². The molecular weight excluding hydrogens is 314 g/mol. The van der Waals surface area contributed by atoms with Crippen molar-refractivity contribution in [1.82, 2.24) is 0 Å². The molecule has 1 nitrogen and oxygen atoms in total. The predicted octanol–water partition coefficient (Wildman–Crippen LogP) is 5.89. The van der Waals surface area contributed by atoms with Crippen LogP contribution in [0.4, 0.5) is 0 Å². The van der Waals surface area contributed by atoms with Crippen molar-refractivity contribution in [1.29, 1.82) is 0 Å². The molecule has 0 N–H and O–H groups in total. The molecule has 0 amide bonds. The molecule has 3 aromatic rings. The number of hydrogen-bond acceptors (Lipinski definition) is 0. The van der Waals surface area contributed by atoms with Gasteiger partial charge in [0.1, 0.15) is 7.05 Å². The minimum absolute atomic E-state index is 0.907. The van der Waals surface area contributed by atoms with Crippen molar-refractivity contribution in [3.8, 4) is 22.4 Å². The third-order valence-corrected chi connectivity index (χ3v) is 5.86. The van der Waals surface area contributed by atoms with E-state index in [2.05, 4.69) is 85.4 Å². The van der Waals surface area contributed by atoms with Gasteiger partial charge < -0.3 is 0 Å². The van der Waals surface area contributed by atoms with Gasteiger partial charge in [0.15, 0.2) is 6.20 Å². The molecule has 1 aliphatic carbocycles. The highest BCUT2D eigenvalue weighted by molar-refractivity contribution is 5.70. The molecule has 132 valence electrons. The summed E-state index contributed by atoms with van der Waals surface area (Å²) in [5.41, 5.74) is 7.95. The molecule has 1 fully saturated rings. The second kappa shape index (κ2) is 7.45. The van der Waals surface area contributed by atoms with Crippen molar-refractivity contribution in [2.24, 2.45) is 13.0 Å². The average Bonchev–Trinajstić information content (AvgIpc) is 3.17.